The second kappa shape index (κ2) is 9.23. The minimum Gasteiger partial charge on any atom is -0.478 e. The number of aliphatic hydroxyl groups is 1. The van der Waals surface area contributed by atoms with Crippen molar-refractivity contribution in [2.75, 3.05) is 19.0 Å². The molecule has 0 saturated carbocycles. The molecule has 0 aromatic heterocycles. The number of aromatic carboxylic acids is 1. The van der Waals surface area contributed by atoms with Crippen LogP contribution in [-0.4, -0.2) is 41.3 Å². The van der Waals surface area contributed by atoms with Crippen molar-refractivity contribution in [3.05, 3.63) is 28.8 Å². The number of ether oxygens (including phenoxy) is 1. The number of halogens is 1. The first-order chi connectivity index (χ1) is 9.54. The molecule has 1 rings (SSSR count). The van der Waals surface area contributed by atoms with Crippen molar-refractivity contribution in [3.63, 3.8) is 0 Å². The van der Waals surface area contributed by atoms with Crippen LogP contribution in [0.3, 0.4) is 0 Å². The minimum atomic E-state index is -1.05. The highest BCUT2D eigenvalue weighted by Gasteiger charge is 2.11. The lowest BCUT2D eigenvalue weighted by Gasteiger charge is -2.11. The number of hydrogen-bond acceptors (Lipinski definition) is 4. The van der Waals surface area contributed by atoms with Gasteiger partial charge >= 0.3 is 5.97 Å². The zero-order chi connectivity index (χ0) is 15.0. The lowest BCUT2D eigenvalue weighted by Crippen LogP contribution is -2.18. The molecule has 0 fully saturated rings. The summed E-state index contributed by atoms with van der Waals surface area (Å²) in [6, 6.07) is 4.81. The highest BCUT2D eigenvalue weighted by Crippen LogP contribution is 2.25. The summed E-state index contributed by atoms with van der Waals surface area (Å²) in [7, 11) is 0. The quantitative estimate of drug-likeness (QED) is 0.540. The van der Waals surface area contributed by atoms with E-state index < -0.39 is 12.1 Å². The fourth-order valence-corrected chi connectivity index (χ4v) is 2.51. The third-order valence-corrected chi connectivity index (χ3v) is 4.03. The standard InChI is InChI=1S/C14H19ClO4S/c1-2-3-6-19-8-10(16)9-20-11-4-5-13(15)12(7-11)14(17)18/h4-5,7,10,16H,2-3,6,8-9H2,1H3,(H,17,18). The Balaban J connectivity index is 2.41. The molecule has 4 nitrogen and oxygen atoms in total. The van der Waals surface area contributed by atoms with Gasteiger partial charge in [0, 0.05) is 17.3 Å². The maximum atomic E-state index is 11.0. The van der Waals surface area contributed by atoms with E-state index >= 15 is 0 Å². The third kappa shape index (κ3) is 6.13. The van der Waals surface area contributed by atoms with Crippen LogP contribution in [0.15, 0.2) is 23.1 Å². The lowest BCUT2D eigenvalue weighted by atomic mass is 10.2. The van der Waals surface area contributed by atoms with Crippen LogP contribution in [0.25, 0.3) is 0 Å². The van der Waals surface area contributed by atoms with Gasteiger partial charge in [-0.05, 0) is 24.6 Å². The highest BCUT2D eigenvalue weighted by atomic mass is 35.5. The van der Waals surface area contributed by atoms with Gasteiger partial charge in [0.2, 0.25) is 0 Å². The summed E-state index contributed by atoms with van der Waals surface area (Å²) in [6.45, 7) is 3.03. The lowest BCUT2D eigenvalue weighted by molar-refractivity contribution is 0.0473. The Morgan fingerprint density at radius 1 is 1.50 bits per heavy atom. The molecule has 0 heterocycles. The van der Waals surface area contributed by atoms with Crippen molar-refractivity contribution < 1.29 is 19.7 Å². The van der Waals surface area contributed by atoms with Crippen LogP contribution < -0.4 is 0 Å². The van der Waals surface area contributed by atoms with Gasteiger partial charge in [0.25, 0.3) is 0 Å². The average Bonchev–Trinajstić information content (AvgIpc) is 2.42. The fourth-order valence-electron chi connectivity index (χ4n) is 1.46. The molecule has 0 radical (unpaired) electrons. The molecule has 20 heavy (non-hydrogen) atoms. The second-order valence-electron chi connectivity index (χ2n) is 4.34. The van der Waals surface area contributed by atoms with E-state index in [9.17, 15) is 9.90 Å². The number of thioether (sulfide) groups is 1. The van der Waals surface area contributed by atoms with E-state index in [1.54, 1.807) is 12.1 Å². The number of carboxylic acids is 1. The number of carboxylic acid groups (broad SMARTS) is 1. The van der Waals surface area contributed by atoms with Gasteiger partial charge in [-0.15, -0.1) is 11.8 Å². The van der Waals surface area contributed by atoms with Gasteiger partial charge in [-0.1, -0.05) is 24.9 Å². The van der Waals surface area contributed by atoms with E-state index in [1.807, 2.05) is 0 Å². The summed E-state index contributed by atoms with van der Waals surface area (Å²) < 4.78 is 5.33. The van der Waals surface area contributed by atoms with Crippen molar-refractivity contribution in [3.8, 4) is 0 Å². The molecule has 0 amide bonds. The maximum Gasteiger partial charge on any atom is 0.337 e. The molecule has 0 bridgehead atoms. The summed E-state index contributed by atoms with van der Waals surface area (Å²) >= 11 is 7.17. The SMILES string of the molecule is CCCCOCC(O)CSc1ccc(Cl)c(C(=O)O)c1. The molecule has 1 aromatic rings. The average molecular weight is 319 g/mol. The Hall–Kier alpha value is -0.750. The van der Waals surface area contributed by atoms with Crippen molar-refractivity contribution in [2.24, 2.45) is 0 Å². The summed E-state index contributed by atoms with van der Waals surface area (Å²) in [5.41, 5.74) is 0.0744. The van der Waals surface area contributed by atoms with Crippen LogP contribution in [0.2, 0.25) is 5.02 Å². The Morgan fingerprint density at radius 3 is 2.90 bits per heavy atom. The van der Waals surface area contributed by atoms with E-state index in [0.717, 1.165) is 17.7 Å². The van der Waals surface area contributed by atoms with E-state index in [-0.39, 0.29) is 10.6 Å². The first kappa shape index (κ1) is 17.3. The predicted molar refractivity (Wildman–Crippen MR) is 80.9 cm³/mol. The van der Waals surface area contributed by atoms with Crippen LogP contribution in [0.1, 0.15) is 30.1 Å². The van der Waals surface area contributed by atoms with Crippen LogP contribution >= 0.6 is 23.4 Å². The normalized spacial score (nSPS) is 12.3. The van der Waals surface area contributed by atoms with Crippen LogP contribution in [-0.2, 0) is 4.74 Å². The van der Waals surface area contributed by atoms with Gasteiger partial charge in [-0.25, -0.2) is 4.79 Å². The number of benzene rings is 1. The van der Waals surface area contributed by atoms with Gasteiger partial charge in [-0.2, -0.15) is 0 Å². The molecule has 2 N–H and O–H groups in total. The predicted octanol–water partition coefficient (Wildman–Crippen LogP) is 3.31. The molecule has 1 atom stereocenters. The number of carbonyl (C=O) groups is 1. The van der Waals surface area contributed by atoms with Gasteiger partial charge < -0.3 is 14.9 Å². The summed E-state index contributed by atoms with van der Waals surface area (Å²) in [4.78, 5) is 11.7. The molecule has 6 heteroatoms. The Morgan fingerprint density at radius 2 is 2.25 bits per heavy atom. The van der Waals surface area contributed by atoms with E-state index in [4.69, 9.17) is 21.4 Å². The van der Waals surface area contributed by atoms with Crippen molar-refractivity contribution in [1.82, 2.24) is 0 Å². The molecule has 0 aliphatic rings. The molecule has 1 unspecified atom stereocenters. The monoisotopic (exact) mass is 318 g/mol. The smallest absolute Gasteiger partial charge is 0.337 e. The van der Waals surface area contributed by atoms with Gasteiger partial charge in [0.1, 0.15) is 0 Å². The molecule has 0 aliphatic carbocycles. The van der Waals surface area contributed by atoms with E-state index in [0.29, 0.717) is 19.0 Å². The fraction of sp³-hybridized carbons (Fsp3) is 0.500. The topological polar surface area (TPSA) is 66.8 Å². The summed E-state index contributed by atoms with van der Waals surface area (Å²) in [5.74, 6) is -0.604. The van der Waals surface area contributed by atoms with Crippen molar-refractivity contribution >= 4 is 29.3 Å². The molecular weight excluding hydrogens is 300 g/mol. The summed E-state index contributed by atoms with van der Waals surface area (Å²) in [5, 5.41) is 18.9. The second-order valence-corrected chi connectivity index (χ2v) is 5.84. The first-order valence-electron chi connectivity index (χ1n) is 6.46. The van der Waals surface area contributed by atoms with Gasteiger partial charge in [0.15, 0.2) is 0 Å². The Bertz CT molecular complexity index is 439. The zero-order valence-corrected chi connectivity index (χ0v) is 12.9. The molecule has 112 valence electrons. The van der Waals surface area contributed by atoms with Crippen LogP contribution in [0, 0.1) is 0 Å². The highest BCUT2D eigenvalue weighted by molar-refractivity contribution is 7.99. The van der Waals surface area contributed by atoms with Crippen molar-refractivity contribution in [2.45, 2.75) is 30.8 Å². The molecule has 1 aromatic carbocycles. The molecular formula is C14H19ClO4S. The largest absolute Gasteiger partial charge is 0.478 e. The molecule has 0 spiro atoms. The molecule has 0 saturated heterocycles. The van der Waals surface area contributed by atoms with Gasteiger partial charge in [-0.3, -0.25) is 0 Å². The first-order valence-corrected chi connectivity index (χ1v) is 7.82. The van der Waals surface area contributed by atoms with E-state index in [1.165, 1.54) is 17.8 Å². The Kier molecular flexibility index (Phi) is 7.99. The third-order valence-electron chi connectivity index (χ3n) is 2.56. The van der Waals surface area contributed by atoms with Crippen LogP contribution in [0.5, 0.6) is 0 Å². The maximum absolute atomic E-state index is 11.0. The van der Waals surface area contributed by atoms with Crippen LogP contribution in [0.4, 0.5) is 0 Å². The number of aliphatic hydroxyl groups excluding tert-OH is 1. The number of rotatable bonds is 9. The number of hydrogen-bond donors (Lipinski definition) is 2. The summed E-state index contributed by atoms with van der Waals surface area (Å²) in [6.07, 6.45) is 1.48. The molecule has 0 aliphatic heterocycles. The Labute approximate surface area is 128 Å². The van der Waals surface area contributed by atoms with Crippen molar-refractivity contribution in [1.29, 1.82) is 0 Å². The van der Waals surface area contributed by atoms with Gasteiger partial charge in [0.05, 0.1) is 23.3 Å². The minimum absolute atomic E-state index is 0.0744. The number of unbranched alkanes of at least 4 members (excludes halogenated alkanes) is 1. The van der Waals surface area contributed by atoms with E-state index in [2.05, 4.69) is 6.92 Å². The zero-order valence-electron chi connectivity index (χ0n) is 11.3.